The molecule has 0 unspecified atom stereocenters. The van der Waals surface area contributed by atoms with E-state index in [-0.39, 0.29) is 0 Å². The molecular formula is C8H16N4. The topological polar surface area (TPSA) is 76.4 Å². The number of nitrogens with two attached hydrogens (primary N) is 2. The van der Waals surface area contributed by atoms with Crippen LogP contribution in [0.2, 0.25) is 0 Å². The van der Waals surface area contributed by atoms with Crippen LogP contribution in [0.15, 0.2) is 28.7 Å². The minimum atomic E-state index is 0.586. The monoisotopic (exact) mass is 168 g/mol. The van der Waals surface area contributed by atoms with Gasteiger partial charge < -0.3 is 16.8 Å². The average molecular weight is 168 g/mol. The maximum Gasteiger partial charge on any atom is 0.0579 e. The van der Waals surface area contributed by atoms with Gasteiger partial charge in [0.05, 0.1) is 5.70 Å². The van der Waals surface area contributed by atoms with Crippen LogP contribution in [0.1, 0.15) is 6.92 Å². The van der Waals surface area contributed by atoms with E-state index in [1.165, 1.54) is 6.20 Å². The number of nitrogens with zero attached hydrogens (tertiary/aromatic N) is 1. The summed E-state index contributed by atoms with van der Waals surface area (Å²) in [5.74, 6) is 0. The van der Waals surface area contributed by atoms with Gasteiger partial charge in [-0.1, -0.05) is 0 Å². The van der Waals surface area contributed by atoms with Gasteiger partial charge in [-0.3, -0.25) is 4.99 Å². The van der Waals surface area contributed by atoms with Gasteiger partial charge in [-0.05, 0) is 6.92 Å². The second-order valence-electron chi connectivity index (χ2n) is 2.28. The quantitative estimate of drug-likeness (QED) is 0.408. The van der Waals surface area contributed by atoms with Gasteiger partial charge in [0, 0.05) is 37.8 Å². The highest BCUT2D eigenvalue weighted by Crippen LogP contribution is 2.03. The highest BCUT2D eigenvalue weighted by atomic mass is 14.8. The van der Waals surface area contributed by atoms with E-state index in [1.54, 1.807) is 20.3 Å². The molecule has 0 aromatic rings. The van der Waals surface area contributed by atoms with Crippen LogP contribution >= 0.6 is 0 Å². The molecule has 0 saturated heterocycles. The van der Waals surface area contributed by atoms with Gasteiger partial charge in [-0.2, -0.15) is 0 Å². The number of nitrogens with one attached hydrogen (secondary N) is 1. The average Bonchev–Trinajstić information content (AvgIpc) is 2.06. The van der Waals surface area contributed by atoms with Crippen molar-refractivity contribution in [3.63, 3.8) is 0 Å². The fourth-order valence-electron chi connectivity index (χ4n) is 0.779. The van der Waals surface area contributed by atoms with Gasteiger partial charge in [-0.15, -0.1) is 0 Å². The van der Waals surface area contributed by atoms with E-state index in [1.807, 2.05) is 6.92 Å². The molecular weight excluding hydrogens is 152 g/mol. The first-order valence-corrected chi connectivity index (χ1v) is 3.66. The number of hydrogen-bond acceptors (Lipinski definition) is 4. The number of rotatable bonds is 3. The molecule has 5 N–H and O–H groups in total. The SMILES string of the molecule is CN=C(C)C(=C\N)/C(N)=C/NC. The predicted molar refractivity (Wildman–Crippen MR) is 52.6 cm³/mol. The normalized spacial score (nSPS) is 14.8. The first-order valence-electron chi connectivity index (χ1n) is 3.66. The first kappa shape index (κ1) is 10.6. The maximum absolute atomic E-state index is 5.68. The van der Waals surface area contributed by atoms with Crippen molar-refractivity contribution in [2.45, 2.75) is 6.92 Å². The Hall–Kier alpha value is -1.45. The molecule has 0 aliphatic heterocycles. The first-order chi connectivity index (χ1) is 5.67. The van der Waals surface area contributed by atoms with Crippen LogP contribution in [-0.4, -0.2) is 19.8 Å². The standard InChI is InChI=1S/C8H16N4/c1-6(12-3)7(4-9)8(10)5-11-2/h4-5,11H,9-10H2,1-3H3/b7-4+,8-5-,12-6?. The lowest BCUT2D eigenvalue weighted by molar-refractivity contribution is 1.07. The second-order valence-corrected chi connectivity index (χ2v) is 2.28. The molecule has 0 heterocycles. The summed E-state index contributed by atoms with van der Waals surface area (Å²) < 4.78 is 0. The summed E-state index contributed by atoms with van der Waals surface area (Å²) in [5, 5.41) is 2.82. The van der Waals surface area contributed by atoms with Crippen LogP contribution in [0, 0.1) is 0 Å². The highest BCUT2D eigenvalue weighted by molar-refractivity contribution is 6.01. The minimum absolute atomic E-state index is 0.586. The molecule has 0 atom stereocenters. The van der Waals surface area contributed by atoms with E-state index in [9.17, 15) is 0 Å². The van der Waals surface area contributed by atoms with E-state index < -0.39 is 0 Å². The molecule has 0 amide bonds. The molecule has 0 aromatic carbocycles. The van der Waals surface area contributed by atoms with Crippen molar-refractivity contribution in [2.75, 3.05) is 14.1 Å². The van der Waals surface area contributed by atoms with Crippen molar-refractivity contribution in [1.29, 1.82) is 0 Å². The van der Waals surface area contributed by atoms with E-state index in [2.05, 4.69) is 10.3 Å². The molecule has 4 nitrogen and oxygen atoms in total. The van der Waals surface area contributed by atoms with E-state index in [4.69, 9.17) is 11.5 Å². The fraction of sp³-hybridized carbons (Fsp3) is 0.375. The molecule has 0 aliphatic rings. The highest BCUT2D eigenvalue weighted by Gasteiger charge is 2.02. The number of aliphatic imine (C=N–C) groups is 1. The largest absolute Gasteiger partial charge is 0.404 e. The van der Waals surface area contributed by atoms with Crippen LogP contribution < -0.4 is 16.8 Å². The molecule has 0 rings (SSSR count). The van der Waals surface area contributed by atoms with E-state index >= 15 is 0 Å². The van der Waals surface area contributed by atoms with Gasteiger partial charge in [0.1, 0.15) is 0 Å². The Morgan fingerprint density at radius 1 is 1.50 bits per heavy atom. The van der Waals surface area contributed by atoms with Gasteiger partial charge in [0.2, 0.25) is 0 Å². The zero-order valence-corrected chi connectivity index (χ0v) is 7.76. The lowest BCUT2D eigenvalue weighted by atomic mass is 10.1. The van der Waals surface area contributed by atoms with Crippen molar-refractivity contribution < 1.29 is 0 Å². The molecule has 0 radical (unpaired) electrons. The minimum Gasteiger partial charge on any atom is -0.404 e. The van der Waals surface area contributed by atoms with Gasteiger partial charge in [-0.25, -0.2) is 0 Å². The molecule has 0 bridgehead atoms. The van der Waals surface area contributed by atoms with Crippen LogP contribution in [-0.2, 0) is 0 Å². The summed E-state index contributed by atoms with van der Waals surface area (Å²) >= 11 is 0. The maximum atomic E-state index is 5.68. The molecule has 0 fully saturated rings. The summed E-state index contributed by atoms with van der Waals surface area (Å²) in [6, 6.07) is 0. The van der Waals surface area contributed by atoms with Crippen molar-refractivity contribution in [1.82, 2.24) is 5.32 Å². The Kier molecular flexibility index (Phi) is 4.60. The fourth-order valence-corrected chi connectivity index (χ4v) is 0.779. The third-order valence-electron chi connectivity index (χ3n) is 1.50. The Morgan fingerprint density at radius 3 is 2.42 bits per heavy atom. The predicted octanol–water partition coefficient (Wildman–Crippen LogP) is -0.0608. The number of allylic oxidation sites excluding steroid dienone is 1. The lowest BCUT2D eigenvalue weighted by Gasteiger charge is -2.05. The van der Waals surface area contributed by atoms with Crippen molar-refractivity contribution >= 4 is 5.71 Å². The Labute approximate surface area is 73.0 Å². The molecule has 12 heavy (non-hydrogen) atoms. The van der Waals surface area contributed by atoms with Crippen molar-refractivity contribution in [3.05, 3.63) is 23.7 Å². The smallest absolute Gasteiger partial charge is 0.0579 e. The summed E-state index contributed by atoms with van der Waals surface area (Å²) in [5.41, 5.74) is 13.2. The summed E-state index contributed by atoms with van der Waals surface area (Å²) in [6.07, 6.45) is 3.12. The Bertz CT molecular complexity index is 225. The summed E-state index contributed by atoms with van der Waals surface area (Å²) in [4.78, 5) is 3.98. The van der Waals surface area contributed by atoms with Gasteiger partial charge in [0.25, 0.3) is 0 Å². The molecule has 68 valence electrons. The van der Waals surface area contributed by atoms with Crippen LogP contribution in [0.5, 0.6) is 0 Å². The van der Waals surface area contributed by atoms with Crippen molar-refractivity contribution in [2.24, 2.45) is 16.5 Å². The van der Waals surface area contributed by atoms with Crippen molar-refractivity contribution in [3.8, 4) is 0 Å². The summed E-state index contributed by atoms with van der Waals surface area (Å²) in [6.45, 7) is 1.86. The van der Waals surface area contributed by atoms with Gasteiger partial charge in [0.15, 0.2) is 0 Å². The molecule has 0 aromatic heterocycles. The third-order valence-corrected chi connectivity index (χ3v) is 1.50. The van der Waals surface area contributed by atoms with Crippen LogP contribution in [0.25, 0.3) is 0 Å². The molecule has 0 aliphatic carbocycles. The zero-order valence-electron chi connectivity index (χ0n) is 7.76. The Morgan fingerprint density at radius 2 is 2.08 bits per heavy atom. The second kappa shape index (κ2) is 5.23. The van der Waals surface area contributed by atoms with E-state index in [0.717, 1.165) is 11.3 Å². The number of hydrogen-bond donors (Lipinski definition) is 3. The van der Waals surface area contributed by atoms with Crippen LogP contribution in [0.4, 0.5) is 0 Å². The summed E-state index contributed by atoms with van der Waals surface area (Å²) in [7, 11) is 3.48. The Balaban J connectivity index is 4.71. The zero-order chi connectivity index (χ0) is 9.56. The van der Waals surface area contributed by atoms with Gasteiger partial charge >= 0.3 is 0 Å². The molecule has 0 spiro atoms. The third kappa shape index (κ3) is 2.65. The van der Waals surface area contributed by atoms with Crippen LogP contribution in [0.3, 0.4) is 0 Å². The molecule has 4 heteroatoms. The lowest BCUT2D eigenvalue weighted by Crippen LogP contribution is -2.13. The molecule has 0 saturated carbocycles. The van der Waals surface area contributed by atoms with E-state index in [0.29, 0.717) is 5.70 Å².